The molecule has 0 atom stereocenters. The Labute approximate surface area is 150 Å². The maximum Gasteiger partial charge on any atom is 0.341 e. The number of carbonyl (C=O) groups excluding carboxylic acids is 1. The number of carboxylic acid groups (broad SMARTS) is 1. The van der Waals surface area contributed by atoms with E-state index < -0.39 is 12.6 Å². The van der Waals surface area contributed by atoms with Gasteiger partial charge in [0.1, 0.15) is 0 Å². The average molecular weight is 370 g/mol. The van der Waals surface area contributed by atoms with E-state index >= 15 is 0 Å². The Morgan fingerprint density at radius 2 is 1.79 bits per heavy atom. The third kappa shape index (κ3) is 6.48. The zero-order valence-electron chi connectivity index (χ0n) is 13.0. The van der Waals surface area contributed by atoms with Gasteiger partial charge in [0.2, 0.25) is 0 Å². The normalized spacial score (nSPS) is 9.46. The van der Waals surface area contributed by atoms with Gasteiger partial charge in [0.05, 0.1) is 15.7 Å². The van der Waals surface area contributed by atoms with Crippen molar-refractivity contribution in [1.29, 1.82) is 0 Å². The molecule has 0 saturated heterocycles. The second-order valence-corrected chi connectivity index (χ2v) is 5.35. The van der Waals surface area contributed by atoms with Crippen LogP contribution in [0.15, 0.2) is 42.5 Å². The summed E-state index contributed by atoms with van der Waals surface area (Å²) in [5.74, 6) is -1.15. The predicted octanol–water partition coefficient (Wildman–Crippen LogP) is 4.54. The van der Waals surface area contributed by atoms with E-state index in [1.807, 2.05) is 36.4 Å². The molecule has 24 heavy (non-hydrogen) atoms. The Hall–Kier alpha value is -2.24. The van der Waals surface area contributed by atoms with Gasteiger partial charge in [0.25, 0.3) is 6.47 Å². The largest absolute Gasteiger partial charge is 0.479 e. The molecule has 2 aromatic carbocycles. The number of carbonyl (C=O) groups is 2. The molecule has 0 aliphatic rings. The fourth-order valence-electron chi connectivity index (χ4n) is 1.81. The maximum absolute atomic E-state index is 9.47. The highest BCUT2D eigenvalue weighted by Crippen LogP contribution is 2.33. The molecule has 0 aromatic heterocycles. The van der Waals surface area contributed by atoms with Crippen LogP contribution in [0.25, 0.3) is 0 Å². The van der Waals surface area contributed by atoms with Crippen LogP contribution in [0.4, 0.5) is 11.4 Å². The predicted molar refractivity (Wildman–Crippen MR) is 95.2 cm³/mol. The van der Waals surface area contributed by atoms with Gasteiger partial charge in [-0.3, -0.25) is 4.79 Å². The van der Waals surface area contributed by atoms with Crippen molar-refractivity contribution in [3.05, 3.63) is 58.1 Å². The second-order valence-electron chi connectivity index (χ2n) is 4.53. The summed E-state index contributed by atoms with van der Waals surface area (Å²) in [4.78, 5) is 18.7. The van der Waals surface area contributed by atoms with Crippen LogP contribution in [0, 0.1) is 0 Å². The summed E-state index contributed by atoms with van der Waals surface area (Å²) in [5, 5.41) is 12.3. The summed E-state index contributed by atoms with van der Waals surface area (Å²) in [6.45, 7) is 1.66. The minimum atomic E-state index is -1.15. The topological polar surface area (TPSA) is 75.6 Å². The van der Waals surface area contributed by atoms with Gasteiger partial charge in [0, 0.05) is 5.69 Å². The monoisotopic (exact) mass is 369 g/mol. The van der Waals surface area contributed by atoms with E-state index in [9.17, 15) is 9.59 Å². The van der Waals surface area contributed by atoms with Gasteiger partial charge in [-0.1, -0.05) is 54.4 Å². The summed E-state index contributed by atoms with van der Waals surface area (Å²) >= 11 is 12.3. The Morgan fingerprint density at radius 3 is 2.29 bits per heavy atom. The van der Waals surface area contributed by atoms with E-state index in [-0.39, 0.29) is 6.47 Å². The average Bonchev–Trinajstić information content (AvgIpc) is 2.57. The van der Waals surface area contributed by atoms with E-state index in [1.54, 1.807) is 0 Å². The van der Waals surface area contributed by atoms with E-state index in [0.29, 0.717) is 10.0 Å². The molecule has 0 amide bonds. The molecule has 0 aliphatic heterocycles. The first-order valence-electron chi connectivity index (χ1n) is 7.05. The molecule has 2 N–H and O–H groups in total. The van der Waals surface area contributed by atoms with E-state index in [2.05, 4.69) is 23.0 Å². The van der Waals surface area contributed by atoms with Crippen molar-refractivity contribution >= 4 is 47.0 Å². The van der Waals surface area contributed by atoms with Crippen LogP contribution in [0.3, 0.4) is 0 Å². The summed E-state index contributed by atoms with van der Waals surface area (Å²) in [6, 6.07) is 13.6. The Bertz CT molecular complexity index is 672. The first kappa shape index (κ1) is 19.8. The highest BCUT2D eigenvalue weighted by atomic mass is 35.5. The number of aliphatic carboxylic acids is 1. The summed E-state index contributed by atoms with van der Waals surface area (Å²) in [5.41, 5.74) is 3.05. The highest BCUT2D eigenvalue weighted by molar-refractivity contribution is 6.39. The van der Waals surface area contributed by atoms with E-state index in [0.717, 1.165) is 17.8 Å². The fraction of sp³-hybridized carbons (Fsp3) is 0.176. The van der Waals surface area contributed by atoms with Gasteiger partial charge in [-0.15, -0.1) is 0 Å². The molecular formula is C17H17Cl2NO4. The van der Waals surface area contributed by atoms with Crippen molar-refractivity contribution in [1.82, 2.24) is 0 Å². The molecule has 0 fully saturated rings. The van der Waals surface area contributed by atoms with Crippen molar-refractivity contribution in [3.8, 4) is 0 Å². The molecule has 0 unspecified atom stereocenters. The molecule has 0 saturated carbocycles. The number of para-hydroxylation sites is 2. The van der Waals surface area contributed by atoms with Crippen molar-refractivity contribution < 1.29 is 19.4 Å². The molecule has 2 aromatic rings. The highest BCUT2D eigenvalue weighted by Gasteiger charge is 2.07. The third-order valence-electron chi connectivity index (χ3n) is 2.90. The molecule has 0 bridgehead atoms. The lowest BCUT2D eigenvalue weighted by Gasteiger charge is -2.13. The van der Waals surface area contributed by atoms with Gasteiger partial charge in [0.15, 0.2) is 6.61 Å². The van der Waals surface area contributed by atoms with Crippen molar-refractivity contribution in [2.24, 2.45) is 0 Å². The maximum atomic E-state index is 9.47. The smallest absolute Gasteiger partial charge is 0.341 e. The quantitative estimate of drug-likeness (QED) is 0.730. The van der Waals surface area contributed by atoms with Gasteiger partial charge in [-0.25, -0.2) is 4.79 Å². The number of carboxylic acids is 1. The molecule has 0 spiro atoms. The molecule has 0 heterocycles. The fourth-order valence-corrected chi connectivity index (χ4v) is 2.30. The van der Waals surface area contributed by atoms with E-state index in [1.165, 1.54) is 5.56 Å². The van der Waals surface area contributed by atoms with Crippen LogP contribution >= 0.6 is 23.2 Å². The van der Waals surface area contributed by atoms with Gasteiger partial charge < -0.3 is 15.2 Å². The zero-order valence-corrected chi connectivity index (χ0v) is 14.5. The van der Waals surface area contributed by atoms with Crippen LogP contribution in [-0.2, 0) is 20.7 Å². The molecule has 0 aliphatic carbocycles. The van der Waals surface area contributed by atoms with Crippen LogP contribution in [0.5, 0.6) is 0 Å². The number of hydrogen-bond donors (Lipinski definition) is 2. The van der Waals surface area contributed by atoms with Crippen LogP contribution in [0.2, 0.25) is 10.0 Å². The first-order valence-corrected chi connectivity index (χ1v) is 7.81. The lowest BCUT2D eigenvalue weighted by atomic mass is 10.1. The lowest BCUT2D eigenvalue weighted by Crippen LogP contribution is -2.04. The van der Waals surface area contributed by atoms with Crippen LogP contribution < -0.4 is 5.32 Å². The van der Waals surface area contributed by atoms with Gasteiger partial charge in [-0.2, -0.15) is 0 Å². The molecule has 5 nitrogen and oxygen atoms in total. The van der Waals surface area contributed by atoms with Crippen molar-refractivity contribution in [3.63, 3.8) is 0 Å². The molecular weight excluding hydrogens is 353 g/mol. The number of benzene rings is 2. The number of aryl methyl sites for hydroxylation is 1. The summed E-state index contributed by atoms with van der Waals surface area (Å²) in [7, 11) is 0. The summed E-state index contributed by atoms with van der Waals surface area (Å²) in [6.07, 6.45) is 0.964. The molecule has 0 radical (unpaired) electrons. The van der Waals surface area contributed by atoms with Gasteiger partial charge >= 0.3 is 5.97 Å². The number of anilines is 2. The van der Waals surface area contributed by atoms with Crippen LogP contribution in [0.1, 0.15) is 12.5 Å². The molecule has 2 rings (SSSR count). The third-order valence-corrected chi connectivity index (χ3v) is 3.53. The zero-order chi connectivity index (χ0) is 17.9. The number of rotatable bonds is 6. The Balaban J connectivity index is 0.000000351. The van der Waals surface area contributed by atoms with Crippen molar-refractivity contribution in [2.75, 3.05) is 11.9 Å². The second kappa shape index (κ2) is 10.5. The standard InChI is InChI=1S/C14H13Cl2N.C3H4O4/c1-2-10-6-3-4-9-13(10)17-14-11(15)7-5-8-12(14)16;4-2-7-1-3(5)6/h3-9,17H,2H2,1H3;2H,1H2,(H,5,6). The molecule has 7 heteroatoms. The number of ether oxygens (including phenoxy) is 1. The molecule has 128 valence electrons. The SMILES string of the molecule is CCc1ccccc1Nc1c(Cl)cccc1Cl.O=COCC(=O)O. The summed E-state index contributed by atoms with van der Waals surface area (Å²) < 4.78 is 3.81. The minimum absolute atomic E-state index is 0.0914. The lowest BCUT2D eigenvalue weighted by molar-refractivity contribution is -0.147. The first-order chi connectivity index (χ1) is 11.5. The number of halogens is 2. The number of hydrogen-bond acceptors (Lipinski definition) is 4. The van der Waals surface area contributed by atoms with E-state index in [4.69, 9.17) is 28.3 Å². The Kier molecular flexibility index (Phi) is 8.68. The Morgan fingerprint density at radius 1 is 1.17 bits per heavy atom. The van der Waals surface area contributed by atoms with Crippen LogP contribution in [-0.4, -0.2) is 24.2 Å². The minimum Gasteiger partial charge on any atom is -0.479 e. The van der Waals surface area contributed by atoms with Crippen molar-refractivity contribution in [2.45, 2.75) is 13.3 Å². The number of nitrogens with one attached hydrogen (secondary N) is 1. The van der Waals surface area contributed by atoms with Gasteiger partial charge in [-0.05, 0) is 30.2 Å².